The molecule has 1 aromatic carbocycles. The third-order valence-electron chi connectivity index (χ3n) is 7.66. The first kappa shape index (κ1) is 24.8. The molecule has 2 saturated carbocycles. The lowest BCUT2D eigenvalue weighted by molar-refractivity contribution is -0.137. The Bertz CT molecular complexity index is 1020. The van der Waals surface area contributed by atoms with Crippen LogP contribution in [0.1, 0.15) is 85.0 Å². The van der Waals surface area contributed by atoms with Gasteiger partial charge in [0.05, 0.1) is 23.3 Å². The van der Waals surface area contributed by atoms with E-state index in [0.29, 0.717) is 35.7 Å². The Kier molecular flexibility index (Phi) is 7.41. The SMILES string of the molecule is Cc1ccc(C(F)(F)F)cc1-c1cc(C(=O)N[C@@H]2CCCC[C@H]2O)c(C)n1CC1CCCCC1. The van der Waals surface area contributed by atoms with Crippen LogP contribution in [0.25, 0.3) is 11.3 Å². The molecule has 0 saturated heterocycles. The van der Waals surface area contributed by atoms with Gasteiger partial charge in [0, 0.05) is 23.5 Å². The fraction of sp³-hybridized carbons (Fsp3) is 0.593. The summed E-state index contributed by atoms with van der Waals surface area (Å²) in [7, 11) is 0. The number of carbonyl (C=O) groups excluding carboxylic acids is 1. The molecule has 2 N–H and O–H groups in total. The number of amides is 1. The van der Waals surface area contributed by atoms with Crippen molar-refractivity contribution >= 4 is 5.91 Å². The zero-order valence-electron chi connectivity index (χ0n) is 20.0. The number of benzene rings is 1. The van der Waals surface area contributed by atoms with Gasteiger partial charge in [-0.25, -0.2) is 0 Å². The van der Waals surface area contributed by atoms with Crippen LogP contribution >= 0.6 is 0 Å². The van der Waals surface area contributed by atoms with Crippen LogP contribution in [0, 0.1) is 19.8 Å². The first-order chi connectivity index (χ1) is 16.1. The number of carbonyl (C=O) groups is 1. The van der Waals surface area contributed by atoms with Crippen LogP contribution in [0.2, 0.25) is 0 Å². The maximum atomic E-state index is 13.5. The molecule has 0 radical (unpaired) electrons. The minimum Gasteiger partial charge on any atom is -0.391 e. The summed E-state index contributed by atoms with van der Waals surface area (Å²) >= 11 is 0. The van der Waals surface area contributed by atoms with Gasteiger partial charge in [-0.15, -0.1) is 0 Å². The number of aryl methyl sites for hydroxylation is 1. The molecular weight excluding hydrogens is 441 g/mol. The van der Waals surface area contributed by atoms with Gasteiger partial charge in [0.15, 0.2) is 0 Å². The van der Waals surface area contributed by atoms with Gasteiger partial charge in [0.2, 0.25) is 0 Å². The Balaban J connectivity index is 1.73. The highest BCUT2D eigenvalue weighted by atomic mass is 19.4. The van der Waals surface area contributed by atoms with Gasteiger partial charge in [-0.05, 0) is 69.2 Å². The fourth-order valence-corrected chi connectivity index (χ4v) is 5.56. The monoisotopic (exact) mass is 476 g/mol. The zero-order chi connectivity index (χ0) is 24.5. The summed E-state index contributed by atoms with van der Waals surface area (Å²) in [5.74, 6) is 0.178. The number of alkyl halides is 3. The van der Waals surface area contributed by atoms with Crippen LogP contribution in [0.5, 0.6) is 0 Å². The molecule has 0 bridgehead atoms. The second-order valence-corrected chi connectivity index (χ2v) is 10.1. The van der Waals surface area contributed by atoms with Crippen LogP contribution in [0.3, 0.4) is 0 Å². The van der Waals surface area contributed by atoms with Crippen LogP contribution in [0.15, 0.2) is 24.3 Å². The molecule has 7 heteroatoms. The molecule has 186 valence electrons. The quantitative estimate of drug-likeness (QED) is 0.524. The second kappa shape index (κ2) is 10.1. The number of rotatable bonds is 5. The van der Waals surface area contributed by atoms with Crippen molar-refractivity contribution in [3.63, 3.8) is 0 Å². The Morgan fingerprint density at radius 3 is 2.38 bits per heavy atom. The van der Waals surface area contributed by atoms with Crippen molar-refractivity contribution in [2.75, 3.05) is 0 Å². The van der Waals surface area contributed by atoms with E-state index in [4.69, 9.17) is 0 Å². The van der Waals surface area contributed by atoms with Crippen molar-refractivity contribution < 1.29 is 23.1 Å². The number of aromatic nitrogens is 1. The van der Waals surface area contributed by atoms with E-state index >= 15 is 0 Å². The first-order valence-corrected chi connectivity index (χ1v) is 12.5. The molecule has 1 amide bonds. The van der Waals surface area contributed by atoms with Crippen LogP contribution in [-0.4, -0.2) is 27.7 Å². The van der Waals surface area contributed by atoms with E-state index in [1.54, 1.807) is 13.0 Å². The molecule has 0 unspecified atom stereocenters. The van der Waals surface area contributed by atoms with E-state index in [-0.39, 0.29) is 11.9 Å². The van der Waals surface area contributed by atoms with Crippen molar-refractivity contribution in [1.29, 1.82) is 0 Å². The molecule has 2 aromatic rings. The van der Waals surface area contributed by atoms with Gasteiger partial charge < -0.3 is 15.0 Å². The number of hydrogen-bond donors (Lipinski definition) is 2. The number of nitrogens with one attached hydrogen (secondary N) is 1. The normalized spacial score (nSPS) is 22.1. The molecule has 2 atom stereocenters. The standard InChI is InChI=1S/C27H35F3N2O2/c1-17-12-13-20(27(28,29)30)14-21(17)24-15-22(26(34)31-23-10-6-7-11-25(23)33)18(2)32(24)16-19-8-4-3-5-9-19/h12-15,19,23,25,33H,3-11,16H2,1-2H3,(H,31,34)/t23-,25-/m1/s1. The van der Waals surface area contributed by atoms with E-state index in [9.17, 15) is 23.1 Å². The van der Waals surface area contributed by atoms with E-state index in [1.165, 1.54) is 18.6 Å². The Morgan fingerprint density at radius 1 is 1.03 bits per heavy atom. The van der Waals surface area contributed by atoms with Gasteiger partial charge in [0.25, 0.3) is 5.91 Å². The maximum Gasteiger partial charge on any atom is 0.416 e. The number of halogens is 3. The smallest absolute Gasteiger partial charge is 0.391 e. The second-order valence-electron chi connectivity index (χ2n) is 10.1. The highest BCUT2D eigenvalue weighted by Crippen LogP contribution is 2.37. The minimum atomic E-state index is -4.43. The first-order valence-electron chi connectivity index (χ1n) is 12.5. The maximum absolute atomic E-state index is 13.5. The van der Waals surface area contributed by atoms with Gasteiger partial charge in [-0.3, -0.25) is 4.79 Å². The van der Waals surface area contributed by atoms with Gasteiger partial charge in [-0.1, -0.05) is 38.2 Å². The number of aliphatic hydroxyl groups excluding tert-OH is 1. The third kappa shape index (κ3) is 5.35. The molecular formula is C27H35F3N2O2. The van der Waals surface area contributed by atoms with Gasteiger partial charge >= 0.3 is 6.18 Å². The number of aliphatic hydroxyl groups is 1. The molecule has 2 fully saturated rings. The molecule has 0 aliphatic heterocycles. The molecule has 2 aliphatic carbocycles. The molecule has 1 aromatic heterocycles. The van der Waals surface area contributed by atoms with E-state index < -0.39 is 17.8 Å². The predicted octanol–water partition coefficient (Wildman–Crippen LogP) is 6.40. The molecule has 0 spiro atoms. The Morgan fingerprint density at radius 2 is 1.71 bits per heavy atom. The van der Waals surface area contributed by atoms with Crippen molar-refractivity contribution in [3.05, 3.63) is 46.6 Å². The van der Waals surface area contributed by atoms with Crippen molar-refractivity contribution in [1.82, 2.24) is 9.88 Å². The summed E-state index contributed by atoms with van der Waals surface area (Å²) in [6.45, 7) is 4.37. The van der Waals surface area contributed by atoms with Crippen LogP contribution in [0.4, 0.5) is 13.2 Å². The lowest BCUT2D eigenvalue weighted by Crippen LogP contribution is -2.45. The van der Waals surface area contributed by atoms with Crippen molar-refractivity contribution in [2.45, 2.75) is 96.5 Å². The summed E-state index contributed by atoms with van der Waals surface area (Å²) in [5, 5.41) is 13.3. The van der Waals surface area contributed by atoms with E-state index in [1.807, 2.05) is 11.5 Å². The highest BCUT2D eigenvalue weighted by Gasteiger charge is 2.32. The zero-order valence-corrected chi connectivity index (χ0v) is 20.0. The lowest BCUT2D eigenvalue weighted by atomic mass is 9.89. The fourth-order valence-electron chi connectivity index (χ4n) is 5.56. The van der Waals surface area contributed by atoms with E-state index in [0.717, 1.165) is 62.3 Å². The Labute approximate surface area is 199 Å². The van der Waals surface area contributed by atoms with Crippen LogP contribution < -0.4 is 5.32 Å². The number of nitrogens with zero attached hydrogens (tertiary/aromatic N) is 1. The van der Waals surface area contributed by atoms with Gasteiger partial charge in [0.1, 0.15) is 0 Å². The summed E-state index contributed by atoms with van der Waals surface area (Å²) in [6.07, 6.45) is 4.03. The summed E-state index contributed by atoms with van der Waals surface area (Å²) in [4.78, 5) is 13.3. The molecule has 34 heavy (non-hydrogen) atoms. The largest absolute Gasteiger partial charge is 0.416 e. The Hall–Kier alpha value is -2.28. The predicted molar refractivity (Wildman–Crippen MR) is 127 cm³/mol. The average Bonchev–Trinajstić information content (AvgIpc) is 3.11. The molecule has 1 heterocycles. The van der Waals surface area contributed by atoms with Gasteiger partial charge in [-0.2, -0.15) is 13.2 Å². The summed E-state index contributed by atoms with van der Waals surface area (Å²) < 4.78 is 42.6. The average molecular weight is 477 g/mol. The third-order valence-corrected chi connectivity index (χ3v) is 7.66. The minimum absolute atomic E-state index is 0.267. The summed E-state index contributed by atoms with van der Waals surface area (Å²) in [5.41, 5.74) is 2.45. The summed E-state index contributed by atoms with van der Waals surface area (Å²) in [6, 6.07) is 5.27. The van der Waals surface area contributed by atoms with E-state index in [2.05, 4.69) is 5.32 Å². The topological polar surface area (TPSA) is 54.3 Å². The van der Waals surface area contributed by atoms with Crippen molar-refractivity contribution in [3.8, 4) is 11.3 Å². The molecule has 4 rings (SSSR count). The number of hydrogen-bond acceptors (Lipinski definition) is 2. The molecule has 4 nitrogen and oxygen atoms in total. The molecule has 2 aliphatic rings. The van der Waals surface area contributed by atoms with Crippen LogP contribution in [-0.2, 0) is 12.7 Å². The van der Waals surface area contributed by atoms with Crippen molar-refractivity contribution in [2.24, 2.45) is 5.92 Å². The highest BCUT2D eigenvalue weighted by molar-refractivity contribution is 5.97. The lowest BCUT2D eigenvalue weighted by Gasteiger charge is -2.28.